The van der Waals surface area contributed by atoms with E-state index in [2.05, 4.69) is 11.9 Å². The van der Waals surface area contributed by atoms with E-state index < -0.39 is 6.09 Å². The first-order chi connectivity index (χ1) is 13.3. The largest absolute Gasteiger partial charge is 0.412 e. The van der Waals surface area contributed by atoms with Gasteiger partial charge in [0.05, 0.1) is 0 Å². The average Bonchev–Trinajstić information content (AvgIpc) is 2.68. The van der Waals surface area contributed by atoms with Crippen LogP contribution in [0.4, 0.5) is 10.5 Å². The van der Waals surface area contributed by atoms with Gasteiger partial charge < -0.3 is 15.0 Å². The maximum Gasteiger partial charge on any atom is 0.412 e. The third-order valence-electron chi connectivity index (χ3n) is 4.07. The summed E-state index contributed by atoms with van der Waals surface area (Å²) in [5.41, 5.74) is 2.54. The quantitative estimate of drug-likeness (QED) is 0.559. The Kier molecular flexibility index (Phi) is 7.09. The Hall–Kier alpha value is -3.41. The Morgan fingerprint density at radius 3 is 2.00 bits per heavy atom. The van der Waals surface area contributed by atoms with Crippen molar-refractivity contribution in [2.45, 2.75) is 13.3 Å². The van der Waals surface area contributed by atoms with E-state index in [1.165, 1.54) is 0 Å². The molecule has 146 valence electrons. The minimum Gasteiger partial charge on any atom is -0.410 e. The molecule has 0 aliphatic carbocycles. The van der Waals surface area contributed by atoms with Crippen LogP contribution in [0.15, 0.2) is 60.7 Å². The number of anilines is 1. The van der Waals surface area contributed by atoms with E-state index in [4.69, 9.17) is 4.74 Å². The van der Waals surface area contributed by atoms with Gasteiger partial charge in [-0.25, -0.2) is 4.79 Å². The van der Waals surface area contributed by atoms with Gasteiger partial charge in [0.15, 0.2) is 11.6 Å². The second-order valence-corrected chi connectivity index (χ2v) is 6.56. The fourth-order valence-corrected chi connectivity index (χ4v) is 2.39. The molecule has 0 radical (unpaired) electrons. The summed E-state index contributed by atoms with van der Waals surface area (Å²) in [6.07, 6.45) is -0.488. The summed E-state index contributed by atoms with van der Waals surface area (Å²) in [5, 5.41) is 2.50. The van der Waals surface area contributed by atoms with E-state index in [0.29, 0.717) is 22.4 Å². The Morgan fingerprint density at radius 1 is 0.964 bits per heavy atom. The molecular formula is C22H24N2O4. The zero-order valence-corrected chi connectivity index (χ0v) is 16.3. The molecule has 1 amide bonds. The van der Waals surface area contributed by atoms with E-state index in [-0.39, 0.29) is 24.5 Å². The molecule has 6 heteroatoms. The van der Waals surface area contributed by atoms with Crippen LogP contribution < -0.4 is 15.0 Å². The van der Waals surface area contributed by atoms with Crippen LogP contribution in [0.2, 0.25) is 0 Å². The highest BCUT2D eigenvalue weighted by Gasteiger charge is 2.11. The zero-order chi connectivity index (χ0) is 20.7. The molecule has 0 aliphatic heterocycles. The Morgan fingerprint density at radius 2 is 1.50 bits per heavy atom. The van der Waals surface area contributed by atoms with Crippen molar-refractivity contribution in [3.63, 3.8) is 0 Å². The van der Waals surface area contributed by atoms with Crippen LogP contribution in [0, 0.1) is 0 Å². The van der Waals surface area contributed by atoms with Crippen LogP contribution in [0.25, 0.3) is 0 Å². The number of hydrogen-bond donors (Lipinski definition) is 1. The monoisotopic (exact) mass is 380 g/mol. The van der Waals surface area contributed by atoms with Gasteiger partial charge in [-0.05, 0) is 61.0 Å². The van der Waals surface area contributed by atoms with E-state index in [1.54, 1.807) is 43.3 Å². The van der Waals surface area contributed by atoms with Gasteiger partial charge in [0, 0.05) is 43.9 Å². The molecule has 0 aliphatic rings. The molecule has 2 aromatic rings. The molecule has 0 aromatic heterocycles. The number of carbonyl (C=O) groups excluding carboxylic acids is 3. The summed E-state index contributed by atoms with van der Waals surface area (Å²) >= 11 is 0. The molecule has 0 saturated heterocycles. The fraction of sp³-hybridized carbons (Fsp3) is 0.227. The number of nitrogens with one attached hydrogen (secondary N) is 1. The molecule has 0 bridgehead atoms. The second kappa shape index (κ2) is 9.50. The highest BCUT2D eigenvalue weighted by Crippen LogP contribution is 2.18. The van der Waals surface area contributed by atoms with Gasteiger partial charge >= 0.3 is 6.09 Å². The third kappa shape index (κ3) is 5.81. The number of ketones is 2. The van der Waals surface area contributed by atoms with Crippen LogP contribution in [-0.4, -0.2) is 38.3 Å². The van der Waals surface area contributed by atoms with Gasteiger partial charge in [0.25, 0.3) is 0 Å². The molecule has 2 rings (SSSR count). The topological polar surface area (TPSA) is 75.7 Å². The molecule has 0 atom stereocenters. The highest BCUT2D eigenvalue weighted by molar-refractivity contribution is 6.09. The highest BCUT2D eigenvalue weighted by atomic mass is 16.6. The number of benzene rings is 2. The summed E-state index contributed by atoms with van der Waals surface area (Å²) in [4.78, 5) is 37.7. The van der Waals surface area contributed by atoms with Crippen LogP contribution in [0.3, 0.4) is 0 Å². The number of allylic oxidation sites excluding steroid dienone is 1. The van der Waals surface area contributed by atoms with Gasteiger partial charge in [-0.3, -0.25) is 9.59 Å². The third-order valence-corrected chi connectivity index (χ3v) is 4.07. The van der Waals surface area contributed by atoms with Gasteiger partial charge in [0.1, 0.15) is 5.75 Å². The molecule has 0 unspecified atom stereocenters. The van der Waals surface area contributed by atoms with Gasteiger partial charge in [-0.1, -0.05) is 6.58 Å². The number of ether oxygens (including phenoxy) is 1. The number of Topliss-reactive ketones (excluding diaryl/α,β-unsaturated/α-hetero) is 1. The number of amides is 1. The standard InChI is InChI=1S/C22H24N2O4/c1-15(2)20(25)13-14-23-22(27)28-19-11-7-17(8-12-19)21(26)16-5-9-18(10-6-16)24(3)4/h5-12H,1,13-14H2,2-4H3,(H,23,27). The summed E-state index contributed by atoms with van der Waals surface area (Å²) in [7, 11) is 3.87. The minimum absolute atomic E-state index is 0.109. The van der Waals surface area contributed by atoms with Crippen molar-refractivity contribution >= 4 is 23.3 Å². The molecule has 0 heterocycles. The summed E-state index contributed by atoms with van der Waals surface area (Å²) in [5.74, 6) is 0.0876. The van der Waals surface area contributed by atoms with Crippen LogP contribution >= 0.6 is 0 Å². The molecule has 0 spiro atoms. The predicted octanol–water partition coefficient (Wildman–Crippen LogP) is 3.61. The number of carbonyl (C=O) groups is 3. The van der Waals surface area contributed by atoms with E-state index in [0.717, 1.165) is 5.69 Å². The van der Waals surface area contributed by atoms with E-state index in [1.807, 2.05) is 31.1 Å². The smallest absolute Gasteiger partial charge is 0.410 e. The van der Waals surface area contributed by atoms with Gasteiger partial charge in [-0.2, -0.15) is 0 Å². The Balaban J connectivity index is 1.91. The summed E-state index contributed by atoms with van der Waals surface area (Å²) < 4.78 is 5.14. The van der Waals surface area contributed by atoms with Crippen LogP contribution in [-0.2, 0) is 4.79 Å². The zero-order valence-electron chi connectivity index (χ0n) is 16.3. The van der Waals surface area contributed by atoms with Crippen molar-refractivity contribution in [1.29, 1.82) is 0 Å². The van der Waals surface area contributed by atoms with Gasteiger partial charge in [-0.15, -0.1) is 0 Å². The molecule has 6 nitrogen and oxygen atoms in total. The van der Waals surface area contributed by atoms with Gasteiger partial charge in [0.2, 0.25) is 0 Å². The lowest BCUT2D eigenvalue weighted by molar-refractivity contribution is -0.115. The van der Waals surface area contributed by atoms with E-state index in [9.17, 15) is 14.4 Å². The van der Waals surface area contributed by atoms with Crippen molar-refractivity contribution in [2.24, 2.45) is 0 Å². The maximum atomic E-state index is 12.5. The molecule has 2 aromatic carbocycles. The van der Waals surface area contributed by atoms with Crippen LogP contribution in [0.1, 0.15) is 29.3 Å². The summed E-state index contributed by atoms with van der Waals surface area (Å²) in [6, 6.07) is 13.6. The first kappa shape index (κ1) is 20.9. The lowest BCUT2D eigenvalue weighted by atomic mass is 10.0. The second-order valence-electron chi connectivity index (χ2n) is 6.56. The van der Waals surface area contributed by atoms with Crippen molar-refractivity contribution in [2.75, 3.05) is 25.5 Å². The summed E-state index contributed by atoms with van der Waals surface area (Å²) in [6.45, 7) is 5.35. The first-order valence-corrected chi connectivity index (χ1v) is 8.84. The Bertz CT molecular complexity index is 868. The van der Waals surface area contributed by atoms with E-state index >= 15 is 0 Å². The molecular weight excluding hydrogens is 356 g/mol. The lowest BCUT2D eigenvalue weighted by Crippen LogP contribution is -2.29. The minimum atomic E-state index is -0.659. The average molecular weight is 380 g/mol. The maximum absolute atomic E-state index is 12.5. The number of hydrogen-bond acceptors (Lipinski definition) is 5. The SMILES string of the molecule is C=C(C)C(=O)CCNC(=O)Oc1ccc(C(=O)c2ccc(N(C)C)cc2)cc1. The Labute approximate surface area is 164 Å². The van der Waals surface area contributed by atoms with Crippen molar-refractivity contribution in [3.05, 3.63) is 71.8 Å². The molecule has 0 saturated carbocycles. The first-order valence-electron chi connectivity index (χ1n) is 8.84. The number of nitrogens with zero attached hydrogens (tertiary/aromatic N) is 1. The van der Waals surface area contributed by atoms with Crippen molar-refractivity contribution in [1.82, 2.24) is 5.32 Å². The van der Waals surface area contributed by atoms with Crippen molar-refractivity contribution < 1.29 is 19.1 Å². The molecule has 0 fully saturated rings. The predicted molar refractivity (Wildman–Crippen MR) is 109 cm³/mol. The number of rotatable bonds is 8. The normalized spacial score (nSPS) is 10.1. The lowest BCUT2D eigenvalue weighted by Gasteiger charge is -2.12. The fourth-order valence-electron chi connectivity index (χ4n) is 2.39. The van der Waals surface area contributed by atoms with Crippen molar-refractivity contribution in [3.8, 4) is 5.75 Å². The van der Waals surface area contributed by atoms with Crippen LogP contribution in [0.5, 0.6) is 5.75 Å². The molecule has 28 heavy (non-hydrogen) atoms. The molecule has 1 N–H and O–H groups in total.